The van der Waals surface area contributed by atoms with Crippen LogP contribution in [-0.2, 0) is 4.79 Å². The maximum Gasteiger partial charge on any atom is 0.281 e. The van der Waals surface area contributed by atoms with Crippen LogP contribution in [0.15, 0.2) is 53.5 Å². The van der Waals surface area contributed by atoms with E-state index in [1.807, 2.05) is 53.9 Å². The van der Waals surface area contributed by atoms with E-state index < -0.39 is 0 Å². The molecule has 1 fully saturated rings. The van der Waals surface area contributed by atoms with Gasteiger partial charge in [-0.2, -0.15) is 0 Å². The van der Waals surface area contributed by atoms with Crippen LogP contribution in [0.2, 0.25) is 0 Å². The lowest BCUT2D eigenvalue weighted by molar-refractivity contribution is -0.113. The smallest absolute Gasteiger partial charge is 0.281 e. The van der Waals surface area contributed by atoms with Crippen LogP contribution < -0.4 is 10.2 Å². The highest BCUT2D eigenvalue weighted by Gasteiger charge is 2.31. The lowest BCUT2D eigenvalue weighted by atomic mass is 10.3. The third-order valence-corrected chi connectivity index (χ3v) is 3.83. The Bertz CT molecular complexity index is 647. The summed E-state index contributed by atoms with van der Waals surface area (Å²) in [6, 6.07) is 13.3. The number of benzene rings is 1. The molecule has 1 aromatic carbocycles. The second-order valence-corrected chi connectivity index (χ2v) is 5.35. The molecular weight excluding hydrogens is 276 g/mol. The van der Waals surface area contributed by atoms with Crippen LogP contribution in [0.5, 0.6) is 0 Å². The molecule has 3 nitrogen and oxygen atoms in total. The topological polar surface area (TPSA) is 32.3 Å². The highest BCUT2D eigenvalue weighted by Crippen LogP contribution is 2.22. The summed E-state index contributed by atoms with van der Waals surface area (Å²) in [4.78, 5) is 14.9. The summed E-state index contributed by atoms with van der Waals surface area (Å²) in [6.45, 7) is 0. The number of para-hydroxylation sites is 1. The van der Waals surface area contributed by atoms with E-state index in [0.29, 0.717) is 10.8 Å². The van der Waals surface area contributed by atoms with Crippen molar-refractivity contribution in [3.63, 3.8) is 0 Å². The summed E-state index contributed by atoms with van der Waals surface area (Å²) in [5.41, 5.74) is 1.29. The average molecular weight is 286 g/mol. The van der Waals surface area contributed by atoms with Crippen molar-refractivity contribution in [2.45, 2.75) is 0 Å². The number of carbonyl (C=O) groups is 1. The van der Waals surface area contributed by atoms with Crippen molar-refractivity contribution in [2.75, 3.05) is 4.90 Å². The third kappa shape index (κ3) is 2.30. The molecule has 1 aliphatic heterocycles. The second kappa shape index (κ2) is 4.95. The molecule has 2 aromatic rings. The first kappa shape index (κ1) is 12.1. The lowest BCUT2D eigenvalue weighted by Gasteiger charge is -2.13. The fourth-order valence-corrected chi connectivity index (χ4v) is 2.82. The summed E-state index contributed by atoms with van der Waals surface area (Å²) >= 11 is 6.81. The Morgan fingerprint density at radius 2 is 1.95 bits per heavy atom. The molecule has 0 unspecified atom stereocenters. The SMILES string of the molecule is O=C1C(=Cc2cccs2)NC(=S)N1c1ccccc1. The van der Waals surface area contributed by atoms with Gasteiger partial charge in [0.1, 0.15) is 5.70 Å². The van der Waals surface area contributed by atoms with Gasteiger partial charge in [-0.05, 0) is 41.9 Å². The number of anilines is 1. The number of amides is 1. The lowest BCUT2D eigenvalue weighted by Crippen LogP contribution is -2.30. The number of rotatable bonds is 2. The minimum absolute atomic E-state index is 0.121. The zero-order chi connectivity index (χ0) is 13.2. The van der Waals surface area contributed by atoms with Gasteiger partial charge in [-0.1, -0.05) is 24.3 Å². The van der Waals surface area contributed by atoms with Gasteiger partial charge in [0.15, 0.2) is 5.11 Å². The predicted molar refractivity (Wildman–Crippen MR) is 82.0 cm³/mol. The number of nitrogens with zero attached hydrogens (tertiary/aromatic N) is 1. The van der Waals surface area contributed by atoms with E-state index in [1.54, 1.807) is 11.3 Å². The number of carbonyl (C=O) groups excluding carboxylic acids is 1. The minimum Gasteiger partial charge on any atom is -0.327 e. The predicted octanol–water partition coefficient (Wildman–Crippen LogP) is 3.01. The first-order valence-electron chi connectivity index (χ1n) is 5.71. The maximum atomic E-state index is 12.4. The minimum atomic E-state index is -0.121. The summed E-state index contributed by atoms with van der Waals surface area (Å²) in [5.74, 6) is -0.121. The van der Waals surface area contributed by atoms with Crippen LogP contribution in [0.4, 0.5) is 5.69 Å². The Morgan fingerprint density at radius 3 is 2.63 bits per heavy atom. The first-order chi connectivity index (χ1) is 9.25. The van der Waals surface area contributed by atoms with Crippen molar-refractivity contribution in [1.29, 1.82) is 0 Å². The Balaban J connectivity index is 1.94. The van der Waals surface area contributed by atoms with Crippen molar-refractivity contribution in [3.05, 3.63) is 58.4 Å². The van der Waals surface area contributed by atoms with Crippen LogP contribution in [0.3, 0.4) is 0 Å². The van der Waals surface area contributed by atoms with Gasteiger partial charge in [0.25, 0.3) is 5.91 Å². The van der Waals surface area contributed by atoms with Gasteiger partial charge >= 0.3 is 0 Å². The number of thiophene rings is 1. The van der Waals surface area contributed by atoms with E-state index in [9.17, 15) is 4.79 Å². The van der Waals surface area contributed by atoms with Crippen LogP contribution in [-0.4, -0.2) is 11.0 Å². The quantitative estimate of drug-likeness (QED) is 0.680. The Morgan fingerprint density at radius 1 is 1.16 bits per heavy atom. The molecular formula is C14H10N2OS2. The van der Waals surface area contributed by atoms with E-state index in [1.165, 1.54) is 4.90 Å². The Hall–Kier alpha value is -1.98. The molecule has 19 heavy (non-hydrogen) atoms. The highest BCUT2D eigenvalue weighted by atomic mass is 32.1. The molecule has 5 heteroatoms. The van der Waals surface area contributed by atoms with Gasteiger partial charge in [-0.15, -0.1) is 11.3 Å². The monoisotopic (exact) mass is 286 g/mol. The van der Waals surface area contributed by atoms with Gasteiger partial charge < -0.3 is 5.32 Å². The molecule has 1 amide bonds. The maximum absolute atomic E-state index is 12.4. The molecule has 0 spiro atoms. The van der Waals surface area contributed by atoms with Crippen molar-refractivity contribution >= 4 is 46.3 Å². The number of nitrogens with one attached hydrogen (secondary N) is 1. The van der Waals surface area contributed by atoms with E-state index in [4.69, 9.17) is 12.2 Å². The molecule has 0 bridgehead atoms. The number of hydrogen-bond donors (Lipinski definition) is 1. The van der Waals surface area contributed by atoms with Crippen LogP contribution in [0.25, 0.3) is 6.08 Å². The van der Waals surface area contributed by atoms with Gasteiger partial charge in [-0.25, -0.2) is 0 Å². The van der Waals surface area contributed by atoms with E-state index in [0.717, 1.165) is 10.6 Å². The number of thiocarbonyl (C=S) groups is 1. The van der Waals surface area contributed by atoms with Gasteiger partial charge in [0, 0.05) is 4.88 Å². The molecule has 3 rings (SSSR count). The Labute approximate surface area is 120 Å². The molecule has 1 N–H and O–H groups in total. The summed E-state index contributed by atoms with van der Waals surface area (Å²) < 4.78 is 0. The van der Waals surface area contributed by atoms with Gasteiger partial charge in [0.2, 0.25) is 0 Å². The van der Waals surface area contributed by atoms with Crippen molar-refractivity contribution < 1.29 is 4.79 Å². The van der Waals surface area contributed by atoms with Gasteiger partial charge in [0.05, 0.1) is 5.69 Å². The largest absolute Gasteiger partial charge is 0.327 e. The standard InChI is InChI=1S/C14H10N2OS2/c17-13-12(9-11-7-4-8-19-11)15-14(18)16(13)10-5-2-1-3-6-10/h1-9H,(H,15,18). The van der Waals surface area contributed by atoms with E-state index in [2.05, 4.69) is 5.32 Å². The van der Waals surface area contributed by atoms with Crippen LogP contribution >= 0.6 is 23.6 Å². The molecule has 1 saturated heterocycles. The second-order valence-electron chi connectivity index (χ2n) is 3.98. The summed E-state index contributed by atoms with van der Waals surface area (Å²) in [5, 5.41) is 5.35. The summed E-state index contributed by atoms with van der Waals surface area (Å²) in [6.07, 6.45) is 1.82. The molecule has 0 saturated carbocycles. The highest BCUT2D eigenvalue weighted by molar-refractivity contribution is 7.80. The fraction of sp³-hybridized carbons (Fsp3) is 0. The van der Waals surface area contributed by atoms with Crippen molar-refractivity contribution in [2.24, 2.45) is 0 Å². The Kier molecular flexibility index (Phi) is 3.15. The number of hydrogen-bond acceptors (Lipinski definition) is 3. The molecule has 0 atom stereocenters. The molecule has 94 valence electrons. The normalized spacial score (nSPS) is 17.1. The zero-order valence-electron chi connectivity index (χ0n) is 9.87. The molecule has 0 radical (unpaired) electrons. The van der Waals surface area contributed by atoms with Crippen LogP contribution in [0.1, 0.15) is 4.88 Å². The first-order valence-corrected chi connectivity index (χ1v) is 7.00. The zero-order valence-corrected chi connectivity index (χ0v) is 11.5. The van der Waals surface area contributed by atoms with Gasteiger partial charge in [-0.3, -0.25) is 9.69 Å². The molecule has 0 aliphatic carbocycles. The fourth-order valence-electron chi connectivity index (χ4n) is 1.86. The third-order valence-electron chi connectivity index (χ3n) is 2.72. The van der Waals surface area contributed by atoms with E-state index in [-0.39, 0.29) is 5.91 Å². The van der Waals surface area contributed by atoms with Crippen molar-refractivity contribution in [1.82, 2.24) is 5.32 Å². The molecule has 1 aromatic heterocycles. The summed E-state index contributed by atoms with van der Waals surface area (Å²) in [7, 11) is 0. The molecule has 2 heterocycles. The average Bonchev–Trinajstić information content (AvgIpc) is 3.01. The molecule has 1 aliphatic rings. The van der Waals surface area contributed by atoms with Crippen LogP contribution in [0, 0.1) is 0 Å². The van der Waals surface area contributed by atoms with E-state index >= 15 is 0 Å². The van der Waals surface area contributed by atoms with Crippen molar-refractivity contribution in [3.8, 4) is 0 Å².